The van der Waals surface area contributed by atoms with Crippen molar-refractivity contribution >= 4 is 5.82 Å². The first-order chi connectivity index (χ1) is 10.3. The number of nitriles is 1. The van der Waals surface area contributed by atoms with Gasteiger partial charge in [-0.1, -0.05) is 12.1 Å². The summed E-state index contributed by atoms with van der Waals surface area (Å²) in [6.45, 7) is 0. The molecular formula is C15H14N6. The third-order valence-electron chi connectivity index (χ3n) is 2.65. The Hall–Kier alpha value is -3.20. The molecule has 6 heteroatoms. The number of anilines is 1. The third kappa shape index (κ3) is 4.14. The molecule has 0 aliphatic carbocycles. The molecule has 3 aromatic rings. The number of pyridine rings is 2. The van der Waals surface area contributed by atoms with Crippen molar-refractivity contribution in [3.63, 3.8) is 0 Å². The van der Waals surface area contributed by atoms with Gasteiger partial charge in [0, 0.05) is 35.9 Å². The highest BCUT2D eigenvalue weighted by Crippen LogP contribution is 2.21. The van der Waals surface area contributed by atoms with E-state index in [0.717, 1.165) is 16.7 Å². The Labute approximate surface area is 122 Å². The van der Waals surface area contributed by atoms with Crippen molar-refractivity contribution in [3.8, 4) is 17.2 Å². The Balaban J connectivity index is 0.000000161. The number of aromatic nitrogens is 4. The van der Waals surface area contributed by atoms with Gasteiger partial charge in [0.05, 0.1) is 18.7 Å². The molecule has 0 unspecified atom stereocenters. The van der Waals surface area contributed by atoms with Crippen molar-refractivity contribution in [2.45, 2.75) is 6.42 Å². The van der Waals surface area contributed by atoms with Gasteiger partial charge in [0.15, 0.2) is 0 Å². The summed E-state index contributed by atoms with van der Waals surface area (Å²) in [4.78, 5) is 7.84. The molecule has 0 radical (unpaired) electrons. The van der Waals surface area contributed by atoms with Crippen molar-refractivity contribution in [2.24, 2.45) is 0 Å². The van der Waals surface area contributed by atoms with Crippen molar-refractivity contribution in [3.05, 3.63) is 60.8 Å². The van der Waals surface area contributed by atoms with Crippen LogP contribution in [0.25, 0.3) is 11.1 Å². The summed E-state index contributed by atoms with van der Waals surface area (Å²) >= 11 is 0. The second-order valence-electron chi connectivity index (χ2n) is 4.14. The maximum atomic E-state index is 8.24. The zero-order chi connectivity index (χ0) is 14.9. The number of nitrogens with zero attached hydrogens (tertiary/aromatic N) is 4. The first-order valence-electron chi connectivity index (χ1n) is 6.26. The fourth-order valence-electron chi connectivity index (χ4n) is 1.64. The molecule has 3 N–H and O–H groups in total. The topological polar surface area (TPSA) is 104 Å². The number of nitrogens with two attached hydrogens (primary N) is 1. The molecule has 0 saturated heterocycles. The van der Waals surface area contributed by atoms with Crippen LogP contribution in [-0.2, 0) is 6.42 Å². The Morgan fingerprint density at radius 1 is 1.10 bits per heavy atom. The van der Waals surface area contributed by atoms with Crippen LogP contribution in [0.15, 0.2) is 55.2 Å². The van der Waals surface area contributed by atoms with Gasteiger partial charge in [-0.2, -0.15) is 10.4 Å². The molecule has 21 heavy (non-hydrogen) atoms. The molecule has 0 aliphatic rings. The van der Waals surface area contributed by atoms with Gasteiger partial charge in [-0.25, -0.2) is 0 Å². The first-order valence-corrected chi connectivity index (χ1v) is 6.26. The minimum atomic E-state index is 0.452. The summed E-state index contributed by atoms with van der Waals surface area (Å²) in [5, 5.41) is 14.7. The highest BCUT2D eigenvalue weighted by Gasteiger charge is 2.02. The summed E-state index contributed by atoms with van der Waals surface area (Å²) in [6, 6.07) is 9.56. The van der Waals surface area contributed by atoms with Crippen LogP contribution in [0.1, 0.15) is 5.56 Å². The van der Waals surface area contributed by atoms with Gasteiger partial charge in [-0.3, -0.25) is 15.1 Å². The Morgan fingerprint density at radius 3 is 2.38 bits per heavy atom. The zero-order valence-electron chi connectivity index (χ0n) is 11.3. The second kappa shape index (κ2) is 7.40. The number of hydrogen-bond donors (Lipinski definition) is 2. The number of hydrogen-bond acceptors (Lipinski definition) is 5. The van der Waals surface area contributed by atoms with E-state index in [4.69, 9.17) is 11.0 Å². The van der Waals surface area contributed by atoms with Crippen molar-refractivity contribution in [2.75, 3.05) is 5.73 Å². The lowest BCUT2D eigenvalue weighted by molar-refractivity contribution is 1.10. The molecule has 104 valence electrons. The molecule has 0 atom stereocenters. The number of nitrogen functional groups attached to an aromatic ring is 1. The molecule has 6 nitrogen and oxygen atoms in total. The third-order valence-corrected chi connectivity index (χ3v) is 2.65. The van der Waals surface area contributed by atoms with E-state index in [1.807, 2.05) is 30.3 Å². The molecule has 0 spiro atoms. The van der Waals surface area contributed by atoms with E-state index in [0.29, 0.717) is 12.2 Å². The minimum Gasteiger partial charge on any atom is -0.384 e. The SMILES string of the molecule is N#CCc1cccnc1.Nc1[nH]ncc1-c1cccnc1. The standard InChI is InChI=1S/C8H8N4.C7H6N2/c9-8-7(5-11-12-8)6-2-1-3-10-4-6;8-4-3-7-2-1-5-9-6-7/h1-5H,(H3,9,11,12);1-2,5-6H,3H2. The molecule has 0 amide bonds. The lowest BCUT2D eigenvalue weighted by atomic mass is 10.1. The number of nitrogens with one attached hydrogen (secondary N) is 1. The van der Waals surface area contributed by atoms with Crippen LogP contribution in [0.3, 0.4) is 0 Å². The van der Waals surface area contributed by atoms with E-state index < -0.39 is 0 Å². The molecular weight excluding hydrogens is 264 g/mol. The maximum Gasteiger partial charge on any atom is 0.126 e. The Kier molecular flexibility index (Phi) is 5.01. The fourth-order valence-corrected chi connectivity index (χ4v) is 1.64. The molecule has 3 heterocycles. The van der Waals surface area contributed by atoms with Crippen LogP contribution in [0.5, 0.6) is 0 Å². The van der Waals surface area contributed by atoms with Crippen molar-refractivity contribution < 1.29 is 0 Å². The van der Waals surface area contributed by atoms with Crippen molar-refractivity contribution in [1.29, 1.82) is 5.26 Å². The van der Waals surface area contributed by atoms with Gasteiger partial charge in [0.25, 0.3) is 0 Å². The molecule has 0 aliphatic heterocycles. The van der Waals surface area contributed by atoms with E-state index >= 15 is 0 Å². The van der Waals surface area contributed by atoms with Crippen LogP contribution in [0.2, 0.25) is 0 Å². The fraction of sp³-hybridized carbons (Fsp3) is 0.0667. The lowest BCUT2D eigenvalue weighted by Gasteiger charge is -1.95. The van der Waals surface area contributed by atoms with E-state index in [-0.39, 0.29) is 0 Å². The molecule has 3 aromatic heterocycles. The highest BCUT2D eigenvalue weighted by atomic mass is 15.1. The van der Waals surface area contributed by atoms with Crippen molar-refractivity contribution in [1.82, 2.24) is 20.2 Å². The van der Waals surface area contributed by atoms with Gasteiger partial charge in [-0.05, 0) is 17.7 Å². The normalized spacial score (nSPS) is 9.29. The largest absolute Gasteiger partial charge is 0.384 e. The number of aromatic amines is 1. The van der Waals surface area contributed by atoms with Crippen LogP contribution < -0.4 is 5.73 Å². The average molecular weight is 278 g/mol. The van der Waals surface area contributed by atoms with Gasteiger partial charge in [-0.15, -0.1) is 0 Å². The smallest absolute Gasteiger partial charge is 0.126 e. The molecule has 3 rings (SSSR count). The number of rotatable bonds is 2. The van der Waals surface area contributed by atoms with Crippen LogP contribution in [-0.4, -0.2) is 20.2 Å². The minimum absolute atomic E-state index is 0.452. The first kappa shape index (κ1) is 14.2. The Morgan fingerprint density at radius 2 is 1.86 bits per heavy atom. The average Bonchev–Trinajstić information content (AvgIpc) is 2.96. The number of H-pyrrole nitrogens is 1. The van der Waals surface area contributed by atoms with Gasteiger partial charge in [0.1, 0.15) is 5.82 Å². The zero-order valence-corrected chi connectivity index (χ0v) is 11.3. The Bertz CT molecular complexity index is 700. The lowest BCUT2D eigenvalue weighted by Crippen LogP contribution is -1.87. The summed E-state index contributed by atoms with van der Waals surface area (Å²) in [5.41, 5.74) is 8.47. The van der Waals surface area contributed by atoms with Crippen LogP contribution >= 0.6 is 0 Å². The maximum absolute atomic E-state index is 8.24. The van der Waals surface area contributed by atoms with Gasteiger partial charge < -0.3 is 5.73 Å². The monoisotopic (exact) mass is 278 g/mol. The highest BCUT2D eigenvalue weighted by molar-refractivity contribution is 5.71. The summed E-state index contributed by atoms with van der Waals surface area (Å²) in [7, 11) is 0. The van der Waals surface area contributed by atoms with Gasteiger partial charge >= 0.3 is 0 Å². The van der Waals surface area contributed by atoms with Gasteiger partial charge in [0.2, 0.25) is 0 Å². The predicted molar refractivity (Wildman–Crippen MR) is 79.8 cm³/mol. The summed E-state index contributed by atoms with van der Waals surface area (Å²) in [5.74, 6) is 0.572. The quantitative estimate of drug-likeness (QED) is 0.747. The van der Waals surface area contributed by atoms with E-state index in [1.54, 1.807) is 31.0 Å². The van der Waals surface area contributed by atoms with E-state index in [9.17, 15) is 0 Å². The van der Waals surface area contributed by atoms with E-state index in [1.165, 1.54) is 0 Å². The molecule has 0 fully saturated rings. The second-order valence-corrected chi connectivity index (χ2v) is 4.14. The summed E-state index contributed by atoms with van der Waals surface area (Å²) in [6.07, 6.45) is 9.01. The molecule has 0 aromatic carbocycles. The summed E-state index contributed by atoms with van der Waals surface area (Å²) < 4.78 is 0. The van der Waals surface area contributed by atoms with Crippen LogP contribution in [0, 0.1) is 11.3 Å². The predicted octanol–water partition coefficient (Wildman–Crippen LogP) is 2.20. The molecule has 0 saturated carbocycles. The molecule has 0 bridgehead atoms. The van der Waals surface area contributed by atoms with Crippen LogP contribution in [0.4, 0.5) is 5.82 Å². The van der Waals surface area contributed by atoms with E-state index in [2.05, 4.69) is 20.2 Å².